The van der Waals surface area contributed by atoms with E-state index in [1.54, 1.807) is 6.33 Å². The fourth-order valence-corrected chi connectivity index (χ4v) is 3.36. The molecule has 0 N–H and O–H groups in total. The van der Waals surface area contributed by atoms with E-state index in [0.717, 1.165) is 37.7 Å². The van der Waals surface area contributed by atoms with Gasteiger partial charge in [0.1, 0.15) is 5.69 Å². The van der Waals surface area contributed by atoms with Gasteiger partial charge in [0.05, 0.1) is 6.33 Å². The number of hydrogen-bond donors (Lipinski definition) is 0. The van der Waals surface area contributed by atoms with Crippen molar-refractivity contribution >= 4 is 17.3 Å². The number of piperidine rings is 1. The van der Waals surface area contributed by atoms with E-state index < -0.39 is 0 Å². The topological polar surface area (TPSA) is 57.9 Å². The Hall–Kier alpha value is -2.37. The van der Waals surface area contributed by atoms with Crippen LogP contribution in [0, 0.1) is 5.92 Å². The van der Waals surface area contributed by atoms with Crippen molar-refractivity contribution in [3.63, 3.8) is 0 Å². The van der Waals surface area contributed by atoms with Crippen molar-refractivity contribution in [2.24, 2.45) is 5.92 Å². The second-order valence-corrected chi connectivity index (χ2v) is 6.79. The third kappa shape index (κ3) is 3.83. The van der Waals surface area contributed by atoms with Gasteiger partial charge in [0.2, 0.25) is 5.91 Å². The van der Waals surface area contributed by atoms with E-state index in [1.165, 1.54) is 0 Å². The molecular weight excluding hydrogens is 316 g/mol. The van der Waals surface area contributed by atoms with Gasteiger partial charge in [-0.05, 0) is 37.5 Å². The lowest BCUT2D eigenvalue weighted by molar-refractivity contribution is -0.135. The zero-order valence-corrected chi connectivity index (χ0v) is 15.0. The Morgan fingerprint density at radius 1 is 1.32 bits per heavy atom. The highest BCUT2D eigenvalue weighted by Gasteiger charge is 2.29. The van der Waals surface area contributed by atoms with Crippen LogP contribution in [0.5, 0.6) is 0 Å². The molecule has 2 aromatic rings. The second kappa shape index (κ2) is 7.68. The number of amides is 2. The van der Waals surface area contributed by atoms with Crippen LogP contribution in [0.15, 0.2) is 30.7 Å². The van der Waals surface area contributed by atoms with Crippen LogP contribution < -0.4 is 0 Å². The molecule has 0 unspecified atom stereocenters. The summed E-state index contributed by atoms with van der Waals surface area (Å²) in [5.74, 6) is 0.203. The molecule has 0 radical (unpaired) electrons. The summed E-state index contributed by atoms with van der Waals surface area (Å²) in [5, 5.41) is 0. The molecule has 3 heterocycles. The van der Waals surface area contributed by atoms with Gasteiger partial charge in [-0.25, -0.2) is 4.98 Å². The monoisotopic (exact) mass is 342 g/mol. The molecule has 0 aliphatic carbocycles. The Bertz CT molecular complexity index is 747. The Labute approximate surface area is 148 Å². The Morgan fingerprint density at radius 3 is 2.80 bits per heavy atom. The molecule has 2 amide bonds. The van der Waals surface area contributed by atoms with Crippen LogP contribution in [0.25, 0.3) is 5.52 Å². The van der Waals surface area contributed by atoms with Crippen LogP contribution in [0.1, 0.15) is 43.1 Å². The van der Waals surface area contributed by atoms with E-state index in [9.17, 15) is 9.59 Å². The molecule has 0 saturated carbocycles. The molecule has 0 atom stereocenters. The Kier molecular flexibility index (Phi) is 5.36. The van der Waals surface area contributed by atoms with Gasteiger partial charge in [0, 0.05) is 44.3 Å². The van der Waals surface area contributed by atoms with Crippen molar-refractivity contribution in [3.8, 4) is 0 Å². The van der Waals surface area contributed by atoms with Crippen LogP contribution in [-0.2, 0) is 4.79 Å². The highest BCUT2D eigenvalue weighted by molar-refractivity contribution is 5.93. The number of rotatable bonds is 5. The smallest absolute Gasteiger partial charge is 0.272 e. The average Bonchev–Trinajstić information content (AvgIpc) is 3.12. The van der Waals surface area contributed by atoms with Gasteiger partial charge >= 0.3 is 0 Å². The number of likely N-dealkylation sites (tertiary alicyclic amines) is 1. The standard InChI is InChI=1S/C19H26N4O2/c1-3-4-9-21(2)18(24)15-7-11-22(12-8-15)19(25)17-13-16-6-5-10-23(16)14-20-17/h5-6,10,13-15H,3-4,7-9,11-12H2,1-2H3. The van der Waals surface area contributed by atoms with E-state index >= 15 is 0 Å². The summed E-state index contributed by atoms with van der Waals surface area (Å²) in [6.07, 6.45) is 7.16. The summed E-state index contributed by atoms with van der Waals surface area (Å²) in [5.41, 5.74) is 1.43. The van der Waals surface area contributed by atoms with Crippen molar-refractivity contribution in [2.45, 2.75) is 32.6 Å². The number of nitrogens with zero attached hydrogens (tertiary/aromatic N) is 4. The van der Waals surface area contributed by atoms with Crippen LogP contribution in [0.3, 0.4) is 0 Å². The highest BCUT2D eigenvalue weighted by Crippen LogP contribution is 2.21. The minimum atomic E-state index is -0.0473. The molecule has 0 bridgehead atoms. The SMILES string of the molecule is CCCCN(C)C(=O)C1CCN(C(=O)c2cc3cccn3cn2)CC1. The molecule has 1 fully saturated rings. The lowest BCUT2D eigenvalue weighted by atomic mass is 9.95. The van der Waals surface area contributed by atoms with Crippen LogP contribution in [0.2, 0.25) is 0 Å². The summed E-state index contributed by atoms with van der Waals surface area (Å²) in [7, 11) is 1.88. The van der Waals surface area contributed by atoms with Gasteiger partial charge in [-0.3, -0.25) is 9.59 Å². The molecule has 1 aliphatic heterocycles. The number of aromatic nitrogens is 2. The number of unbranched alkanes of at least 4 members (excludes halogenated alkanes) is 1. The number of hydrogen-bond acceptors (Lipinski definition) is 3. The van der Waals surface area contributed by atoms with E-state index in [1.807, 2.05) is 45.6 Å². The van der Waals surface area contributed by atoms with Crippen molar-refractivity contribution < 1.29 is 9.59 Å². The van der Waals surface area contributed by atoms with E-state index in [0.29, 0.717) is 18.8 Å². The second-order valence-electron chi connectivity index (χ2n) is 6.79. The molecule has 1 aliphatic rings. The first-order valence-corrected chi connectivity index (χ1v) is 9.07. The average molecular weight is 342 g/mol. The zero-order chi connectivity index (χ0) is 17.8. The summed E-state index contributed by atoms with van der Waals surface area (Å²) in [4.78, 5) is 33.1. The minimum absolute atomic E-state index is 0.0342. The molecule has 6 nitrogen and oxygen atoms in total. The normalized spacial score (nSPS) is 15.5. The van der Waals surface area contributed by atoms with Crippen molar-refractivity contribution in [2.75, 3.05) is 26.7 Å². The summed E-state index contributed by atoms with van der Waals surface area (Å²) < 4.78 is 1.88. The first kappa shape index (κ1) is 17.5. The number of carbonyl (C=O) groups excluding carboxylic acids is 2. The number of carbonyl (C=O) groups is 2. The zero-order valence-electron chi connectivity index (χ0n) is 15.0. The minimum Gasteiger partial charge on any atom is -0.346 e. The lowest BCUT2D eigenvalue weighted by Crippen LogP contribution is -2.43. The fraction of sp³-hybridized carbons (Fsp3) is 0.526. The van der Waals surface area contributed by atoms with Gasteiger partial charge in [-0.2, -0.15) is 0 Å². The summed E-state index contributed by atoms with van der Waals surface area (Å²) in [6, 6.07) is 5.70. The Balaban J connectivity index is 1.58. The van der Waals surface area contributed by atoms with E-state index in [4.69, 9.17) is 0 Å². The quantitative estimate of drug-likeness (QED) is 0.839. The third-order valence-corrected chi connectivity index (χ3v) is 4.99. The predicted molar refractivity (Wildman–Crippen MR) is 96.4 cm³/mol. The van der Waals surface area contributed by atoms with E-state index in [2.05, 4.69) is 11.9 Å². The predicted octanol–water partition coefficient (Wildman–Crippen LogP) is 2.45. The molecular formula is C19H26N4O2. The highest BCUT2D eigenvalue weighted by atomic mass is 16.2. The maximum Gasteiger partial charge on any atom is 0.272 e. The van der Waals surface area contributed by atoms with E-state index in [-0.39, 0.29) is 17.7 Å². The van der Waals surface area contributed by atoms with Gasteiger partial charge < -0.3 is 14.2 Å². The molecule has 1 saturated heterocycles. The maximum atomic E-state index is 12.7. The first-order valence-electron chi connectivity index (χ1n) is 9.07. The van der Waals surface area contributed by atoms with Crippen LogP contribution in [0.4, 0.5) is 0 Å². The summed E-state index contributed by atoms with van der Waals surface area (Å²) in [6.45, 7) is 4.17. The third-order valence-electron chi connectivity index (χ3n) is 4.99. The van der Waals surface area contributed by atoms with Gasteiger partial charge in [-0.15, -0.1) is 0 Å². The van der Waals surface area contributed by atoms with Crippen LogP contribution in [-0.4, -0.2) is 57.7 Å². The molecule has 0 aromatic carbocycles. The molecule has 6 heteroatoms. The van der Waals surface area contributed by atoms with Crippen molar-refractivity contribution in [3.05, 3.63) is 36.4 Å². The number of fused-ring (bicyclic) bond motifs is 1. The molecule has 0 spiro atoms. The van der Waals surface area contributed by atoms with Gasteiger partial charge in [-0.1, -0.05) is 13.3 Å². The molecule has 3 rings (SSSR count). The molecule has 25 heavy (non-hydrogen) atoms. The fourth-order valence-electron chi connectivity index (χ4n) is 3.36. The Morgan fingerprint density at radius 2 is 2.08 bits per heavy atom. The largest absolute Gasteiger partial charge is 0.346 e. The lowest BCUT2D eigenvalue weighted by Gasteiger charge is -2.33. The summed E-state index contributed by atoms with van der Waals surface area (Å²) >= 11 is 0. The van der Waals surface area contributed by atoms with Crippen molar-refractivity contribution in [1.29, 1.82) is 0 Å². The van der Waals surface area contributed by atoms with Gasteiger partial charge in [0.15, 0.2) is 0 Å². The van der Waals surface area contributed by atoms with Gasteiger partial charge in [0.25, 0.3) is 5.91 Å². The first-order chi connectivity index (χ1) is 12.1. The van der Waals surface area contributed by atoms with Crippen molar-refractivity contribution in [1.82, 2.24) is 19.2 Å². The molecule has 2 aromatic heterocycles. The molecule has 134 valence electrons. The van der Waals surface area contributed by atoms with Crippen LogP contribution >= 0.6 is 0 Å². The maximum absolute atomic E-state index is 12.7.